The zero-order chi connectivity index (χ0) is 12.9. The van der Waals surface area contributed by atoms with E-state index in [1.807, 2.05) is 19.9 Å². The van der Waals surface area contributed by atoms with Crippen LogP contribution in [-0.4, -0.2) is 11.6 Å². The summed E-state index contributed by atoms with van der Waals surface area (Å²) in [5.41, 5.74) is 3.65. The molecule has 1 aromatic rings. The largest absolute Gasteiger partial charge is 0.464 e. The van der Waals surface area contributed by atoms with Crippen LogP contribution in [0, 0.1) is 0 Å². The highest BCUT2D eigenvalue weighted by Gasteiger charge is 2.35. The quantitative estimate of drug-likeness (QED) is 0.709. The summed E-state index contributed by atoms with van der Waals surface area (Å²) in [5.74, 6) is -0.311. The van der Waals surface area contributed by atoms with Gasteiger partial charge in [-0.25, -0.2) is 0 Å². The Labute approximate surface area is 105 Å². The van der Waals surface area contributed by atoms with E-state index in [4.69, 9.17) is 4.74 Å². The van der Waals surface area contributed by atoms with Crippen LogP contribution in [0.5, 0.6) is 0 Å². The van der Waals surface area contributed by atoms with Gasteiger partial charge >= 0.3 is 0 Å². The predicted octanol–water partition coefficient (Wildman–Crippen LogP) is 2.96. The number of Topliss-reactive ketones (excluding diaryl/α,β-unsaturated/α-hetero) is 2. The second-order valence-electron chi connectivity index (χ2n) is 4.47. The molecule has 0 fully saturated rings. The van der Waals surface area contributed by atoms with E-state index in [9.17, 15) is 9.59 Å². The number of ether oxygens (including phenoxy) is 1. The Kier molecular flexibility index (Phi) is 2.23. The molecule has 0 aromatic heterocycles. The smallest absolute Gasteiger partial charge is 0.234 e. The normalized spacial score (nSPS) is 17.3. The fourth-order valence-corrected chi connectivity index (χ4v) is 2.49. The lowest BCUT2D eigenvalue weighted by atomic mass is 9.82. The van der Waals surface area contributed by atoms with Crippen molar-refractivity contribution in [2.45, 2.75) is 20.3 Å². The Balaban J connectivity index is 2.42. The molecule has 1 aromatic carbocycles. The summed E-state index contributed by atoms with van der Waals surface area (Å²) in [7, 11) is 0. The van der Waals surface area contributed by atoms with Crippen LogP contribution in [0.25, 0.3) is 11.3 Å². The van der Waals surface area contributed by atoms with Gasteiger partial charge in [-0.15, -0.1) is 0 Å². The van der Waals surface area contributed by atoms with Crippen LogP contribution >= 0.6 is 0 Å². The molecular weight excluding hydrogens is 228 g/mol. The molecule has 0 amide bonds. The van der Waals surface area contributed by atoms with Crippen molar-refractivity contribution in [2.75, 3.05) is 0 Å². The second-order valence-corrected chi connectivity index (χ2v) is 4.47. The highest BCUT2D eigenvalue weighted by atomic mass is 16.5. The van der Waals surface area contributed by atoms with Gasteiger partial charge in [-0.3, -0.25) is 9.59 Å². The fourth-order valence-electron chi connectivity index (χ4n) is 2.49. The summed E-state index contributed by atoms with van der Waals surface area (Å²) in [6.45, 7) is 3.79. The lowest BCUT2D eigenvalue weighted by Gasteiger charge is -2.26. The summed E-state index contributed by atoms with van der Waals surface area (Å²) in [5, 5.41) is 0. The van der Waals surface area contributed by atoms with Crippen molar-refractivity contribution in [2.24, 2.45) is 0 Å². The van der Waals surface area contributed by atoms with Gasteiger partial charge in [-0.05, 0) is 24.5 Å². The average Bonchev–Trinajstić information content (AvgIpc) is 2.39. The van der Waals surface area contributed by atoms with E-state index in [2.05, 4.69) is 0 Å². The molecule has 0 radical (unpaired) electrons. The number of ketones is 2. The Morgan fingerprint density at radius 2 is 1.83 bits per heavy atom. The molecule has 3 rings (SSSR count). The van der Waals surface area contributed by atoms with Gasteiger partial charge in [-0.1, -0.05) is 25.1 Å². The summed E-state index contributed by atoms with van der Waals surface area (Å²) in [4.78, 5) is 24.1. The zero-order valence-electron chi connectivity index (χ0n) is 10.2. The summed E-state index contributed by atoms with van der Waals surface area (Å²) in [6, 6.07) is 5.44. The van der Waals surface area contributed by atoms with Crippen LogP contribution in [0.4, 0.5) is 0 Å². The third kappa shape index (κ3) is 1.24. The minimum atomic E-state index is -0.440. The molecule has 3 nitrogen and oxygen atoms in total. The van der Waals surface area contributed by atoms with Crippen molar-refractivity contribution in [3.8, 4) is 0 Å². The van der Waals surface area contributed by atoms with Gasteiger partial charge in [0.2, 0.25) is 11.6 Å². The maximum Gasteiger partial charge on any atom is 0.234 e. The van der Waals surface area contributed by atoms with E-state index < -0.39 is 11.6 Å². The third-order valence-corrected chi connectivity index (χ3v) is 3.42. The van der Waals surface area contributed by atoms with Gasteiger partial charge in [0.1, 0.15) is 5.76 Å². The minimum absolute atomic E-state index is 0.425. The van der Waals surface area contributed by atoms with E-state index in [-0.39, 0.29) is 0 Å². The summed E-state index contributed by atoms with van der Waals surface area (Å²) < 4.78 is 5.56. The van der Waals surface area contributed by atoms with Crippen molar-refractivity contribution in [1.29, 1.82) is 0 Å². The van der Waals surface area contributed by atoms with Gasteiger partial charge in [0, 0.05) is 16.7 Å². The molecule has 3 heteroatoms. The van der Waals surface area contributed by atoms with Crippen molar-refractivity contribution >= 4 is 22.9 Å². The van der Waals surface area contributed by atoms with Gasteiger partial charge in [0.15, 0.2) is 0 Å². The molecule has 1 aliphatic carbocycles. The first-order chi connectivity index (χ1) is 8.65. The molecule has 0 unspecified atom stereocenters. The molecule has 0 bridgehead atoms. The molecule has 18 heavy (non-hydrogen) atoms. The number of rotatable bonds is 1. The molecule has 1 aliphatic heterocycles. The van der Waals surface area contributed by atoms with Crippen molar-refractivity contribution in [3.63, 3.8) is 0 Å². The fraction of sp³-hybridized carbons (Fsp3) is 0.200. The third-order valence-electron chi connectivity index (χ3n) is 3.42. The summed E-state index contributed by atoms with van der Waals surface area (Å²) >= 11 is 0. The highest BCUT2D eigenvalue weighted by molar-refractivity contribution is 6.52. The Hall–Kier alpha value is -2.16. The van der Waals surface area contributed by atoms with E-state index in [0.717, 1.165) is 16.7 Å². The predicted molar refractivity (Wildman–Crippen MR) is 67.7 cm³/mol. The number of benzene rings is 1. The zero-order valence-corrected chi connectivity index (χ0v) is 10.2. The SMILES string of the molecule is CCC1=C2OC=C(C)c3cccc(c32)C(=O)C1=O. The number of carbonyl (C=O) groups excluding carboxylic acids is 2. The number of carbonyl (C=O) groups is 2. The lowest BCUT2D eigenvalue weighted by molar-refractivity contribution is -0.112. The standard InChI is InChI=1S/C15H12O3/c1-3-9-13(16)14(17)11-6-4-5-10-8(2)7-18-15(9)12(10)11/h4-7H,3H2,1-2H3. The van der Waals surface area contributed by atoms with Crippen molar-refractivity contribution < 1.29 is 14.3 Å². The van der Waals surface area contributed by atoms with Gasteiger partial charge < -0.3 is 4.74 Å². The van der Waals surface area contributed by atoms with Crippen LogP contribution in [0.3, 0.4) is 0 Å². The molecule has 0 N–H and O–H groups in total. The first-order valence-corrected chi connectivity index (χ1v) is 5.94. The topological polar surface area (TPSA) is 43.4 Å². The molecular formula is C15H12O3. The molecule has 2 aliphatic rings. The van der Waals surface area contributed by atoms with Gasteiger partial charge in [0.25, 0.3) is 0 Å². The Morgan fingerprint density at radius 3 is 2.56 bits per heavy atom. The van der Waals surface area contributed by atoms with E-state index in [1.165, 1.54) is 0 Å². The number of hydrogen-bond donors (Lipinski definition) is 0. The number of hydrogen-bond acceptors (Lipinski definition) is 3. The molecule has 90 valence electrons. The van der Waals surface area contributed by atoms with Crippen LogP contribution in [0.1, 0.15) is 41.8 Å². The second kappa shape index (κ2) is 3.67. The van der Waals surface area contributed by atoms with Crippen LogP contribution in [-0.2, 0) is 9.53 Å². The van der Waals surface area contributed by atoms with Crippen LogP contribution in [0.15, 0.2) is 30.0 Å². The van der Waals surface area contributed by atoms with Gasteiger partial charge in [0.05, 0.1) is 6.26 Å². The average molecular weight is 240 g/mol. The van der Waals surface area contributed by atoms with Crippen molar-refractivity contribution in [1.82, 2.24) is 0 Å². The van der Waals surface area contributed by atoms with E-state index in [1.54, 1.807) is 18.4 Å². The maximum atomic E-state index is 12.1. The van der Waals surface area contributed by atoms with Crippen molar-refractivity contribution in [3.05, 3.63) is 46.7 Å². The van der Waals surface area contributed by atoms with Crippen LogP contribution < -0.4 is 0 Å². The molecule has 1 heterocycles. The molecule has 0 spiro atoms. The summed E-state index contributed by atoms with van der Waals surface area (Å²) in [6.07, 6.45) is 2.14. The molecule has 0 saturated heterocycles. The molecule has 0 saturated carbocycles. The van der Waals surface area contributed by atoms with Gasteiger partial charge in [-0.2, -0.15) is 0 Å². The first-order valence-electron chi connectivity index (χ1n) is 5.94. The van der Waals surface area contributed by atoms with E-state index in [0.29, 0.717) is 23.3 Å². The maximum absolute atomic E-state index is 12.1. The Morgan fingerprint density at radius 1 is 1.11 bits per heavy atom. The van der Waals surface area contributed by atoms with E-state index >= 15 is 0 Å². The first kappa shape index (κ1) is 11.0. The Bertz CT molecular complexity index is 648. The van der Waals surface area contributed by atoms with Crippen LogP contribution in [0.2, 0.25) is 0 Å². The lowest BCUT2D eigenvalue weighted by Crippen LogP contribution is -2.26. The monoisotopic (exact) mass is 240 g/mol. The number of allylic oxidation sites excluding steroid dienone is 2. The highest BCUT2D eigenvalue weighted by Crippen LogP contribution is 2.40. The molecule has 0 atom stereocenters. The minimum Gasteiger partial charge on any atom is -0.464 e.